The zero-order valence-electron chi connectivity index (χ0n) is 7.54. The van der Waals surface area contributed by atoms with Crippen LogP contribution in [0.15, 0.2) is 0 Å². The third-order valence-corrected chi connectivity index (χ3v) is 1.56. The van der Waals surface area contributed by atoms with Gasteiger partial charge >= 0.3 is 5.97 Å². The molecule has 0 aromatic heterocycles. The van der Waals surface area contributed by atoms with Crippen LogP contribution in [0.2, 0.25) is 0 Å². The van der Waals surface area contributed by atoms with Gasteiger partial charge < -0.3 is 16.2 Å². The number of carboxylic acid groups (broad SMARTS) is 1. The van der Waals surface area contributed by atoms with Gasteiger partial charge in [0.15, 0.2) is 5.78 Å². The van der Waals surface area contributed by atoms with Gasteiger partial charge in [0, 0.05) is 6.42 Å². The molecule has 0 aromatic carbocycles. The van der Waals surface area contributed by atoms with Crippen molar-refractivity contribution in [1.82, 2.24) is 0 Å². The molecular weight excluding hydrogens is 172 g/mol. The Morgan fingerprint density at radius 1 is 1.54 bits per heavy atom. The van der Waals surface area contributed by atoms with Crippen molar-refractivity contribution in [3.05, 3.63) is 0 Å². The Balaban J connectivity index is 4.00. The van der Waals surface area contributed by atoms with E-state index in [4.69, 9.17) is 16.2 Å². The standard InChI is InChI=1S/C8H14N2O3/c1-2-3-5(9)7(11)4-6(10)8(12)13/h6,9H,2-4,10H2,1H3,(H,12,13)/t6-/m0/s1. The quantitative estimate of drug-likeness (QED) is 0.514. The largest absolute Gasteiger partial charge is 0.480 e. The molecule has 0 aliphatic rings. The molecule has 1 atom stereocenters. The lowest BCUT2D eigenvalue weighted by molar-refractivity contribution is -0.139. The molecule has 4 N–H and O–H groups in total. The van der Waals surface area contributed by atoms with E-state index < -0.39 is 17.8 Å². The van der Waals surface area contributed by atoms with Crippen LogP contribution < -0.4 is 5.73 Å². The number of ketones is 1. The topological polar surface area (TPSA) is 104 Å². The van der Waals surface area contributed by atoms with Crippen LogP contribution in [-0.4, -0.2) is 28.6 Å². The third-order valence-electron chi connectivity index (χ3n) is 1.56. The van der Waals surface area contributed by atoms with Crippen LogP contribution in [0.5, 0.6) is 0 Å². The van der Waals surface area contributed by atoms with E-state index in [0.717, 1.165) is 0 Å². The van der Waals surface area contributed by atoms with E-state index >= 15 is 0 Å². The van der Waals surface area contributed by atoms with Crippen molar-refractivity contribution in [3.8, 4) is 0 Å². The number of nitrogens with two attached hydrogens (primary N) is 1. The Morgan fingerprint density at radius 3 is 2.46 bits per heavy atom. The Morgan fingerprint density at radius 2 is 2.08 bits per heavy atom. The Kier molecular flexibility index (Phi) is 4.91. The van der Waals surface area contributed by atoms with Crippen LogP contribution in [0.25, 0.3) is 0 Å². The fourth-order valence-corrected chi connectivity index (χ4v) is 0.800. The summed E-state index contributed by atoms with van der Waals surface area (Å²) in [5, 5.41) is 15.6. The van der Waals surface area contributed by atoms with Gasteiger partial charge in [-0.15, -0.1) is 0 Å². The molecule has 0 radical (unpaired) electrons. The summed E-state index contributed by atoms with van der Waals surface area (Å²) in [4.78, 5) is 21.3. The van der Waals surface area contributed by atoms with E-state index in [-0.39, 0.29) is 12.1 Å². The fraction of sp³-hybridized carbons (Fsp3) is 0.625. The SMILES string of the molecule is CCCC(=N)C(=O)C[C@H](N)C(=O)O. The molecule has 13 heavy (non-hydrogen) atoms. The van der Waals surface area contributed by atoms with E-state index in [0.29, 0.717) is 12.8 Å². The fourth-order valence-electron chi connectivity index (χ4n) is 0.800. The smallest absolute Gasteiger partial charge is 0.320 e. The maximum Gasteiger partial charge on any atom is 0.320 e. The maximum atomic E-state index is 11.1. The summed E-state index contributed by atoms with van der Waals surface area (Å²) < 4.78 is 0. The lowest BCUT2D eigenvalue weighted by Gasteiger charge is -2.05. The molecule has 0 fully saturated rings. The van der Waals surface area contributed by atoms with Crippen molar-refractivity contribution in [2.24, 2.45) is 5.73 Å². The highest BCUT2D eigenvalue weighted by Crippen LogP contribution is 1.97. The van der Waals surface area contributed by atoms with E-state index in [2.05, 4.69) is 0 Å². The number of nitrogens with one attached hydrogen (secondary N) is 1. The highest BCUT2D eigenvalue weighted by molar-refractivity contribution is 6.38. The van der Waals surface area contributed by atoms with Gasteiger partial charge in [-0.2, -0.15) is 0 Å². The van der Waals surface area contributed by atoms with Crippen molar-refractivity contribution in [2.45, 2.75) is 32.2 Å². The van der Waals surface area contributed by atoms with Gasteiger partial charge in [-0.3, -0.25) is 9.59 Å². The van der Waals surface area contributed by atoms with E-state index in [9.17, 15) is 9.59 Å². The van der Waals surface area contributed by atoms with Gasteiger partial charge in [0.1, 0.15) is 6.04 Å². The highest BCUT2D eigenvalue weighted by Gasteiger charge is 2.18. The van der Waals surface area contributed by atoms with E-state index in [1.54, 1.807) is 0 Å². The summed E-state index contributed by atoms with van der Waals surface area (Å²) in [6, 6.07) is -1.19. The number of carbonyl (C=O) groups is 2. The molecule has 0 unspecified atom stereocenters. The average Bonchev–Trinajstić information content (AvgIpc) is 2.04. The molecule has 0 bridgehead atoms. The average molecular weight is 186 g/mol. The highest BCUT2D eigenvalue weighted by atomic mass is 16.4. The van der Waals surface area contributed by atoms with E-state index in [1.165, 1.54) is 0 Å². The van der Waals surface area contributed by atoms with Gasteiger partial charge in [-0.25, -0.2) is 0 Å². The molecule has 0 spiro atoms. The van der Waals surface area contributed by atoms with Crippen LogP contribution in [-0.2, 0) is 9.59 Å². The predicted molar refractivity (Wildman–Crippen MR) is 47.9 cm³/mol. The van der Waals surface area contributed by atoms with Crippen LogP contribution >= 0.6 is 0 Å². The molecule has 74 valence electrons. The summed E-state index contributed by atoms with van der Waals surface area (Å²) in [5.74, 6) is -1.69. The molecule has 0 aliphatic heterocycles. The first-order valence-corrected chi connectivity index (χ1v) is 4.08. The number of Topliss-reactive ketones (excluding diaryl/α,β-unsaturated/α-hetero) is 1. The van der Waals surface area contributed by atoms with Crippen LogP contribution in [0, 0.1) is 5.41 Å². The van der Waals surface area contributed by atoms with Crippen molar-refractivity contribution in [1.29, 1.82) is 5.41 Å². The molecule has 5 heteroatoms. The number of hydrogen-bond acceptors (Lipinski definition) is 4. The number of carbonyl (C=O) groups excluding carboxylic acids is 1. The molecule has 0 aliphatic carbocycles. The monoisotopic (exact) mass is 186 g/mol. The van der Waals surface area contributed by atoms with Gasteiger partial charge in [0.25, 0.3) is 0 Å². The number of hydrogen-bond donors (Lipinski definition) is 3. The van der Waals surface area contributed by atoms with Gasteiger partial charge in [-0.1, -0.05) is 13.3 Å². The molecule has 0 aromatic rings. The van der Waals surface area contributed by atoms with Gasteiger partial charge in [-0.05, 0) is 6.42 Å². The Labute approximate surface area is 76.4 Å². The maximum absolute atomic E-state index is 11.1. The van der Waals surface area contributed by atoms with E-state index in [1.807, 2.05) is 6.92 Å². The van der Waals surface area contributed by atoms with Crippen molar-refractivity contribution >= 4 is 17.5 Å². The molecule has 0 saturated carbocycles. The normalized spacial score (nSPS) is 12.2. The first kappa shape index (κ1) is 11.8. The predicted octanol–water partition coefficient (Wildman–Crippen LogP) is 0.177. The lowest BCUT2D eigenvalue weighted by Crippen LogP contribution is -2.34. The van der Waals surface area contributed by atoms with Crippen molar-refractivity contribution in [3.63, 3.8) is 0 Å². The second kappa shape index (κ2) is 5.42. The minimum atomic E-state index is -1.21. The second-order valence-corrected chi connectivity index (χ2v) is 2.80. The summed E-state index contributed by atoms with van der Waals surface area (Å²) >= 11 is 0. The summed E-state index contributed by atoms with van der Waals surface area (Å²) in [6.45, 7) is 1.85. The van der Waals surface area contributed by atoms with Crippen LogP contribution in [0.1, 0.15) is 26.2 Å². The number of aliphatic carboxylic acids is 1. The van der Waals surface area contributed by atoms with Gasteiger partial charge in [0.05, 0.1) is 5.71 Å². The zero-order valence-corrected chi connectivity index (χ0v) is 7.54. The molecule has 5 nitrogen and oxygen atoms in total. The second-order valence-electron chi connectivity index (χ2n) is 2.80. The minimum Gasteiger partial charge on any atom is -0.480 e. The molecular formula is C8H14N2O3. The third kappa shape index (κ3) is 4.37. The lowest BCUT2D eigenvalue weighted by atomic mass is 10.0. The van der Waals surface area contributed by atoms with Crippen LogP contribution in [0.4, 0.5) is 0 Å². The minimum absolute atomic E-state index is 0.0424. The van der Waals surface area contributed by atoms with Crippen molar-refractivity contribution in [2.75, 3.05) is 0 Å². The zero-order chi connectivity index (χ0) is 10.4. The van der Waals surface area contributed by atoms with Gasteiger partial charge in [0.2, 0.25) is 0 Å². The number of rotatable bonds is 6. The summed E-state index contributed by atoms with van der Waals surface area (Å²) in [5.41, 5.74) is 5.09. The molecule has 0 amide bonds. The molecule has 0 heterocycles. The van der Waals surface area contributed by atoms with Crippen molar-refractivity contribution < 1.29 is 14.7 Å². The molecule has 0 rings (SSSR count). The van der Waals surface area contributed by atoms with Crippen LogP contribution in [0.3, 0.4) is 0 Å². The Bertz CT molecular complexity index is 225. The molecule has 0 saturated heterocycles. The Hall–Kier alpha value is -1.23. The number of carboxylic acids is 1. The first-order valence-electron chi connectivity index (χ1n) is 4.08. The summed E-state index contributed by atoms with van der Waals surface area (Å²) in [7, 11) is 0. The summed E-state index contributed by atoms with van der Waals surface area (Å²) in [6.07, 6.45) is 0.798. The first-order chi connectivity index (χ1) is 5.99.